The number of aromatic hydroxyl groups is 2. The molecule has 1 heterocycles. The van der Waals surface area contributed by atoms with Crippen LogP contribution in [0.2, 0.25) is 0 Å². The molecule has 6 nitrogen and oxygen atoms in total. The first kappa shape index (κ1) is 20.3. The summed E-state index contributed by atoms with van der Waals surface area (Å²) in [5.74, 6) is -1.17. The Morgan fingerprint density at radius 2 is 2.07 bits per heavy atom. The fourth-order valence-electron chi connectivity index (χ4n) is 2.53. The highest BCUT2D eigenvalue weighted by atomic mass is 16.6. The van der Waals surface area contributed by atoms with Crippen LogP contribution in [0.25, 0.3) is 6.08 Å². The number of carbonyl (C=O) groups is 1. The van der Waals surface area contributed by atoms with Gasteiger partial charge in [-0.25, -0.2) is 4.79 Å². The van der Waals surface area contributed by atoms with E-state index < -0.39 is 5.97 Å². The van der Waals surface area contributed by atoms with E-state index in [9.17, 15) is 15.0 Å². The summed E-state index contributed by atoms with van der Waals surface area (Å²) in [6.07, 6.45) is 12.9. The van der Waals surface area contributed by atoms with Crippen LogP contribution in [0, 0.1) is 0 Å². The van der Waals surface area contributed by atoms with E-state index in [1.54, 1.807) is 19.1 Å². The molecular formula is C21H25NO5. The van der Waals surface area contributed by atoms with Gasteiger partial charge in [-0.15, -0.1) is 6.58 Å². The van der Waals surface area contributed by atoms with Crippen molar-refractivity contribution < 1.29 is 24.6 Å². The van der Waals surface area contributed by atoms with Crippen LogP contribution >= 0.6 is 0 Å². The smallest absolute Gasteiger partial charge is 0.342 e. The molecule has 0 fully saturated rings. The van der Waals surface area contributed by atoms with E-state index in [-0.39, 0.29) is 29.8 Å². The zero-order valence-corrected chi connectivity index (χ0v) is 15.4. The largest absolute Gasteiger partial charge is 0.508 e. The highest BCUT2D eigenvalue weighted by Crippen LogP contribution is 2.30. The molecular weight excluding hydrogens is 346 g/mol. The molecule has 0 aliphatic carbocycles. The molecule has 1 atom stereocenters. The number of benzene rings is 1. The number of nitrogens with one attached hydrogen (secondary N) is 1. The number of phenols is 2. The fourth-order valence-corrected chi connectivity index (χ4v) is 2.53. The molecule has 1 unspecified atom stereocenters. The lowest BCUT2D eigenvalue weighted by Gasteiger charge is -2.15. The van der Waals surface area contributed by atoms with Crippen molar-refractivity contribution in [1.82, 2.24) is 5.48 Å². The highest BCUT2D eigenvalue weighted by molar-refractivity contribution is 5.97. The molecule has 3 N–H and O–H groups in total. The number of cyclic esters (lactones) is 1. The van der Waals surface area contributed by atoms with Gasteiger partial charge in [0, 0.05) is 12.5 Å². The lowest BCUT2D eigenvalue weighted by molar-refractivity contribution is 0.0344. The molecule has 0 saturated carbocycles. The zero-order valence-electron chi connectivity index (χ0n) is 15.4. The van der Waals surface area contributed by atoms with Gasteiger partial charge in [0.1, 0.15) is 23.2 Å². The second-order valence-corrected chi connectivity index (χ2v) is 6.13. The van der Waals surface area contributed by atoms with Gasteiger partial charge in [-0.2, -0.15) is 0 Å². The van der Waals surface area contributed by atoms with Gasteiger partial charge in [0.2, 0.25) is 0 Å². The number of hydroxylamine groups is 1. The normalized spacial score (nSPS) is 20.0. The number of hydrogen-bond donors (Lipinski definition) is 3. The summed E-state index contributed by atoms with van der Waals surface area (Å²) in [6, 6.07) is 2.49. The Balaban J connectivity index is 2.48. The van der Waals surface area contributed by atoms with E-state index in [2.05, 4.69) is 12.1 Å². The number of rotatable bonds is 4. The fraction of sp³-hybridized carbons (Fsp3) is 0.286. The van der Waals surface area contributed by atoms with E-state index in [4.69, 9.17) is 9.57 Å². The number of esters is 1. The molecule has 0 aromatic heterocycles. The number of fused-ring (bicyclic) bond motifs is 1. The lowest BCUT2D eigenvalue weighted by atomic mass is 10.0. The third-order valence-electron chi connectivity index (χ3n) is 3.78. The molecule has 0 radical (unpaired) electrons. The summed E-state index contributed by atoms with van der Waals surface area (Å²) < 4.78 is 5.43. The summed E-state index contributed by atoms with van der Waals surface area (Å²) in [7, 11) is 0. The van der Waals surface area contributed by atoms with Gasteiger partial charge in [0.05, 0.1) is 12.3 Å². The number of hydrogen-bond acceptors (Lipinski definition) is 6. The topological polar surface area (TPSA) is 88.0 Å². The molecule has 1 aromatic carbocycles. The predicted molar refractivity (Wildman–Crippen MR) is 104 cm³/mol. The molecule has 144 valence electrons. The summed E-state index contributed by atoms with van der Waals surface area (Å²) in [4.78, 5) is 17.9. The Morgan fingerprint density at radius 1 is 1.30 bits per heavy atom. The Bertz CT molecular complexity index is 764. The van der Waals surface area contributed by atoms with E-state index in [1.165, 1.54) is 6.07 Å². The molecule has 27 heavy (non-hydrogen) atoms. The Hall–Kier alpha value is -2.99. The lowest BCUT2D eigenvalue weighted by Crippen LogP contribution is -2.16. The van der Waals surface area contributed by atoms with Gasteiger partial charge in [0.25, 0.3) is 0 Å². The van der Waals surface area contributed by atoms with Gasteiger partial charge in [-0.3, -0.25) is 10.3 Å². The maximum atomic E-state index is 12.6. The van der Waals surface area contributed by atoms with Gasteiger partial charge in [-0.1, -0.05) is 24.3 Å². The number of ether oxygens (including phenoxy) is 1. The molecule has 1 aliphatic rings. The van der Waals surface area contributed by atoms with Crippen LogP contribution in [0.5, 0.6) is 11.5 Å². The van der Waals surface area contributed by atoms with Crippen LogP contribution in [-0.2, 0) is 9.57 Å². The molecule has 0 spiro atoms. The van der Waals surface area contributed by atoms with Gasteiger partial charge >= 0.3 is 5.97 Å². The van der Waals surface area contributed by atoms with Crippen LogP contribution in [-0.4, -0.2) is 28.9 Å². The maximum absolute atomic E-state index is 12.6. The number of allylic oxidation sites excluding steroid dienone is 3. The third-order valence-corrected chi connectivity index (χ3v) is 3.78. The minimum absolute atomic E-state index is 0.0166. The predicted octanol–water partition coefficient (Wildman–Crippen LogP) is 3.99. The minimum atomic E-state index is -0.660. The van der Waals surface area contributed by atoms with Crippen LogP contribution < -0.4 is 5.48 Å². The highest BCUT2D eigenvalue weighted by Gasteiger charge is 2.20. The SMILES string of the molecule is C=CCON/C1=C\c2cc(O)cc(O)c2C(=O)OC(C)CC=CCCC=C1. The van der Waals surface area contributed by atoms with Crippen molar-refractivity contribution in [2.45, 2.75) is 32.3 Å². The Kier molecular flexibility index (Phi) is 7.70. The van der Waals surface area contributed by atoms with Crippen LogP contribution in [0.15, 0.2) is 54.8 Å². The van der Waals surface area contributed by atoms with E-state index >= 15 is 0 Å². The van der Waals surface area contributed by atoms with Crippen molar-refractivity contribution in [2.24, 2.45) is 0 Å². The van der Waals surface area contributed by atoms with Crippen LogP contribution in [0.1, 0.15) is 42.1 Å². The van der Waals surface area contributed by atoms with Gasteiger partial charge in [-0.05, 0) is 43.5 Å². The van der Waals surface area contributed by atoms with E-state index in [1.807, 2.05) is 24.3 Å². The summed E-state index contributed by atoms with van der Waals surface area (Å²) in [6.45, 7) is 5.66. The van der Waals surface area contributed by atoms with Crippen LogP contribution in [0.4, 0.5) is 0 Å². The number of carbonyl (C=O) groups excluding carboxylic acids is 1. The van der Waals surface area contributed by atoms with Crippen molar-refractivity contribution in [2.75, 3.05) is 6.61 Å². The first-order chi connectivity index (χ1) is 13.0. The molecule has 1 aromatic rings. The van der Waals surface area contributed by atoms with Crippen molar-refractivity contribution in [3.05, 3.63) is 65.9 Å². The first-order valence-corrected chi connectivity index (χ1v) is 8.80. The van der Waals surface area contributed by atoms with E-state index in [0.717, 1.165) is 18.9 Å². The standard InChI is InChI=1S/C21H25NO5/c1-3-11-26-22-17-10-8-6-4-5-7-9-15(2)27-21(25)20-16(12-17)13-18(23)14-19(20)24/h3,5,7-8,10,12-15,22-24H,1,4,6,9,11H2,2H3/b7-5?,10-8?,17-12-. The van der Waals surface area contributed by atoms with Crippen LogP contribution in [0.3, 0.4) is 0 Å². The van der Waals surface area contributed by atoms with Gasteiger partial charge < -0.3 is 14.9 Å². The third kappa shape index (κ3) is 6.34. The summed E-state index contributed by atoms with van der Waals surface area (Å²) in [5.41, 5.74) is 3.62. The maximum Gasteiger partial charge on any atom is 0.342 e. The quantitative estimate of drug-likeness (QED) is 0.321. The van der Waals surface area contributed by atoms with E-state index in [0.29, 0.717) is 17.7 Å². The molecule has 0 saturated heterocycles. The molecule has 0 amide bonds. The number of phenolic OH excluding ortho intramolecular Hbond substituents is 2. The molecule has 1 aliphatic heterocycles. The molecule has 0 bridgehead atoms. The van der Waals surface area contributed by atoms with Crippen molar-refractivity contribution in [3.63, 3.8) is 0 Å². The van der Waals surface area contributed by atoms with Crippen molar-refractivity contribution >= 4 is 12.0 Å². The van der Waals surface area contributed by atoms with Crippen molar-refractivity contribution in [1.29, 1.82) is 0 Å². The monoisotopic (exact) mass is 371 g/mol. The second-order valence-electron chi connectivity index (χ2n) is 6.13. The minimum Gasteiger partial charge on any atom is -0.508 e. The Labute approximate surface area is 159 Å². The molecule has 2 rings (SSSR count). The Morgan fingerprint density at radius 3 is 2.85 bits per heavy atom. The zero-order chi connectivity index (χ0) is 19.6. The average molecular weight is 371 g/mol. The summed E-state index contributed by atoms with van der Waals surface area (Å²) in [5, 5.41) is 20.1. The second kappa shape index (κ2) is 10.2. The summed E-state index contributed by atoms with van der Waals surface area (Å²) >= 11 is 0. The van der Waals surface area contributed by atoms with Crippen molar-refractivity contribution in [3.8, 4) is 11.5 Å². The first-order valence-electron chi connectivity index (χ1n) is 8.80. The average Bonchev–Trinajstić information content (AvgIpc) is 2.59. The molecule has 6 heteroatoms. The van der Waals surface area contributed by atoms with Gasteiger partial charge in [0.15, 0.2) is 0 Å².